The van der Waals surface area contributed by atoms with Crippen LogP contribution in [0, 0.1) is 0 Å². The van der Waals surface area contributed by atoms with Gasteiger partial charge in [-0.05, 0) is 17.7 Å². The number of benzene rings is 2. The fourth-order valence-electron chi connectivity index (χ4n) is 3.83. The van der Waals surface area contributed by atoms with Gasteiger partial charge in [0.1, 0.15) is 12.6 Å². The second kappa shape index (κ2) is 8.90. The van der Waals surface area contributed by atoms with Gasteiger partial charge in [0.05, 0.1) is 18.8 Å². The first-order valence-corrected chi connectivity index (χ1v) is 11.3. The number of nitrogens with one attached hydrogen (secondary N) is 2. The number of rotatable bonds is 8. The molecule has 0 spiro atoms. The molecular weight excluding hydrogens is 370 g/mol. The second-order valence-corrected chi connectivity index (χ2v) is 9.41. The van der Waals surface area contributed by atoms with Crippen molar-refractivity contribution in [2.75, 3.05) is 37.8 Å². The molecule has 0 aromatic heterocycles. The first-order chi connectivity index (χ1) is 13.4. The maximum Gasteiger partial charge on any atom is 0.215 e. The molecule has 1 aliphatic heterocycles. The van der Waals surface area contributed by atoms with Crippen molar-refractivity contribution in [3.05, 3.63) is 77.9 Å². The highest BCUT2D eigenvalue weighted by Crippen LogP contribution is 2.18. The van der Waals surface area contributed by atoms with E-state index in [0.717, 1.165) is 30.8 Å². The highest BCUT2D eigenvalue weighted by atomic mass is 32.2. The lowest BCUT2D eigenvalue weighted by atomic mass is 9.96. The van der Waals surface area contributed by atoms with E-state index in [4.69, 9.17) is 0 Å². The molecule has 6 heteroatoms. The van der Waals surface area contributed by atoms with Crippen LogP contribution in [0.4, 0.5) is 5.69 Å². The zero-order valence-corrected chi connectivity index (χ0v) is 17.5. The third kappa shape index (κ3) is 5.01. The smallest absolute Gasteiger partial charge is 0.215 e. The minimum Gasteiger partial charge on any atom is -0.378 e. The first kappa shape index (κ1) is 20.6. The van der Waals surface area contributed by atoms with Crippen molar-refractivity contribution in [3.63, 3.8) is 0 Å². The summed E-state index contributed by atoms with van der Waals surface area (Å²) in [4.78, 5) is 3.45. The van der Waals surface area contributed by atoms with Crippen LogP contribution in [0.5, 0.6) is 0 Å². The van der Waals surface area contributed by atoms with Crippen LogP contribution < -0.4 is 14.5 Å². The third-order valence-corrected chi connectivity index (χ3v) is 6.68. The van der Waals surface area contributed by atoms with E-state index in [1.54, 1.807) is 0 Å². The minimum absolute atomic E-state index is 0.0581. The maximum atomic E-state index is 12.2. The van der Waals surface area contributed by atoms with Crippen LogP contribution in [0.1, 0.15) is 22.7 Å². The van der Waals surface area contributed by atoms with Gasteiger partial charge in [-0.15, -0.1) is 6.58 Å². The maximum absolute atomic E-state index is 12.2. The lowest BCUT2D eigenvalue weighted by Crippen LogP contribution is -3.12. The molecule has 2 atom stereocenters. The molecule has 0 aliphatic carbocycles. The molecule has 2 aromatic rings. The summed E-state index contributed by atoms with van der Waals surface area (Å²) in [5, 5.41) is 0. The summed E-state index contributed by atoms with van der Waals surface area (Å²) in [5.74, 6) is -0.0581. The van der Waals surface area contributed by atoms with Gasteiger partial charge in [-0.3, -0.25) is 0 Å². The molecule has 0 fully saturated rings. The molecular formula is C22H30N3O2S+. The summed E-state index contributed by atoms with van der Waals surface area (Å²) in [6.07, 6.45) is 2.43. The predicted octanol–water partition coefficient (Wildman–Crippen LogP) is 1.54. The van der Waals surface area contributed by atoms with Crippen molar-refractivity contribution >= 4 is 15.7 Å². The van der Waals surface area contributed by atoms with E-state index < -0.39 is 10.0 Å². The molecule has 2 aromatic carbocycles. The van der Waals surface area contributed by atoms with E-state index in [0.29, 0.717) is 6.54 Å². The Kier molecular flexibility index (Phi) is 6.54. The van der Waals surface area contributed by atoms with E-state index in [2.05, 4.69) is 64.7 Å². The monoisotopic (exact) mass is 400 g/mol. The van der Waals surface area contributed by atoms with Crippen LogP contribution in [0.3, 0.4) is 0 Å². The fraction of sp³-hybridized carbons (Fsp3) is 0.364. The molecule has 0 saturated heterocycles. The largest absolute Gasteiger partial charge is 0.378 e. The predicted molar refractivity (Wildman–Crippen MR) is 115 cm³/mol. The van der Waals surface area contributed by atoms with E-state index in [1.807, 2.05) is 14.1 Å². The average molecular weight is 401 g/mol. The van der Waals surface area contributed by atoms with Crippen LogP contribution >= 0.6 is 0 Å². The Balaban J connectivity index is 1.85. The topological polar surface area (TPSA) is 53.9 Å². The Bertz CT molecular complexity index is 908. The SMILES string of the molecule is C=CCS(=O)(=O)NC[C@H](c1ccc(N(C)C)cc1)[NH+]1CCc2ccccc2C1. The first-order valence-electron chi connectivity index (χ1n) is 9.66. The van der Waals surface area contributed by atoms with Gasteiger partial charge < -0.3 is 9.80 Å². The minimum atomic E-state index is -3.35. The molecule has 1 heterocycles. The van der Waals surface area contributed by atoms with Crippen molar-refractivity contribution in [1.82, 2.24) is 4.72 Å². The molecule has 2 N–H and O–H groups in total. The Labute approximate surface area is 168 Å². The summed E-state index contributed by atoms with van der Waals surface area (Å²) < 4.78 is 27.2. The number of anilines is 1. The molecule has 0 bridgehead atoms. The Hall–Kier alpha value is -2.15. The zero-order valence-electron chi connectivity index (χ0n) is 16.7. The Morgan fingerprint density at radius 1 is 1.14 bits per heavy atom. The third-order valence-electron chi connectivity index (χ3n) is 5.40. The summed E-state index contributed by atoms with van der Waals surface area (Å²) in [6.45, 7) is 5.82. The van der Waals surface area contributed by atoms with Gasteiger partial charge in [0.2, 0.25) is 10.0 Å². The van der Waals surface area contributed by atoms with Crippen LogP contribution in [-0.4, -0.2) is 41.4 Å². The van der Waals surface area contributed by atoms with Crippen LogP contribution in [0.25, 0.3) is 0 Å². The van der Waals surface area contributed by atoms with Crippen molar-refractivity contribution < 1.29 is 13.3 Å². The van der Waals surface area contributed by atoms with Gasteiger partial charge in [-0.25, -0.2) is 13.1 Å². The summed E-state index contributed by atoms with van der Waals surface area (Å²) in [7, 11) is 0.688. The molecule has 0 saturated carbocycles. The Morgan fingerprint density at radius 3 is 2.46 bits per heavy atom. The van der Waals surface area contributed by atoms with Crippen molar-refractivity contribution in [3.8, 4) is 0 Å². The lowest BCUT2D eigenvalue weighted by Gasteiger charge is -2.33. The number of hydrogen-bond acceptors (Lipinski definition) is 3. The molecule has 150 valence electrons. The highest BCUT2D eigenvalue weighted by molar-refractivity contribution is 7.89. The van der Waals surface area contributed by atoms with Crippen molar-refractivity contribution in [1.29, 1.82) is 0 Å². The van der Waals surface area contributed by atoms with Gasteiger partial charge in [0.15, 0.2) is 0 Å². The molecule has 3 rings (SSSR count). The average Bonchev–Trinajstić information content (AvgIpc) is 2.68. The quantitative estimate of drug-likeness (QED) is 0.661. The second-order valence-electron chi connectivity index (χ2n) is 7.56. The standard InChI is InChI=1S/C22H29N3O2S/c1-4-15-28(26,27)23-16-22(19-9-11-21(12-10-19)24(2)3)25-14-13-18-7-5-6-8-20(18)17-25/h4-12,22-23H,1,13-17H2,2-3H3/p+1/t22-/m1/s1. The number of quaternary nitrogens is 1. The van der Waals surface area contributed by atoms with Gasteiger partial charge in [-0.2, -0.15) is 0 Å². The van der Waals surface area contributed by atoms with Crippen molar-refractivity contribution in [2.24, 2.45) is 0 Å². The number of nitrogens with zero attached hydrogens (tertiary/aromatic N) is 1. The Morgan fingerprint density at radius 2 is 1.82 bits per heavy atom. The zero-order chi connectivity index (χ0) is 20.1. The van der Waals surface area contributed by atoms with Gasteiger partial charge in [0, 0.05) is 37.3 Å². The van der Waals surface area contributed by atoms with E-state index in [9.17, 15) is 8.42 Å². The van der Waals surface area contributed by atoms with Crippen LogP contribution in [-0.2, 0) is 23.0 Å². The van der Waals surface area contributed by atoms with E-state index >= 15 is 0 Å². The van der Waals surface area contributed by atoms with Crippen LogP contribution in [0.2, 0.25) is 0 Å². The molecule has 1 aliphatic rings. The number of hydrogen-bond donors (Lipinski definition) is 2. The van der Waals surface area contributed by atoms with Gasteiger partial charge in [0.25, 0.3) is 0 Å². The summed E-state index contributed by atoms with van der Waals surface area (Å²) in [6, 6.07) is 17.0. The highest BCUT2D eigenvalue weighted by Gasteiger charge is 2.29. The van der Waals surface area contributed by atoms with E-state index in [1.165, 1.54) is 22.1 Å². The molecule has 28 heavy (non-hydrogen) atoms. The molecule has 5 nitrogen and oxygen atoms in total. The van der Waals surface area contributed by atoms with Crippen molar-refractivity contribution in [2.45, 2.75) is 19.0 Å². The van der Waals surface area contributed by atoms with Gasteiger partial charge >= 0.3 is 0 Å². The van der Waals surface area contributed by atoms with Gasteiger partial charge in [-0.1, -0.05) is 42.5 Å². The van der Waals surface area contributed by atoms with E-state index in [-0.39, 0.29) is 11.8 Å². The molecule has 1 unspecified atom stereocenters. The number of fused-ring (bicyclic) bond motifs is 1. The summed E-state index contributed by atoms with van der Waals surface area (Å²) in [5.41, 5.74) is 5.04. The van der Waals surface area contributed by atoms with Crippen LogP contribution in [0.15, 0.2) is 61.2 Å². The molecule has 0 amide bonds. The normalized spacial score (nSPS) is 17.6. The molecule has 0 radical (unpaired) electrons. The summed E-state index contributed by atoms with van der Waals surface area (Å²) >= 11 is 0. The fourth-order valence-corrected chi connectivity index (χ4v) is 4.68. The lowest BCUT2D eigenvalue weighted by molar-refractivity contribution is -0.945. The number of sulfonamides is 1.